The minimum atomic E-state index is -0.672. The molecule has 1 heterocycles. The van der Waals surface area contributed by atoms with E-state index in [0.717, 1.165) is 37.1 Å². The zero-order valence-electron chi connectivity index (χ0n) is 20.2. The highest BCUT2D eigenvalue weighted by Gasteiger charge is 2.44. The second-order valence-electron chi connectivity index (χ2n) is 11.7. The lowest BCUT2D eigenvalue weighted by atomic mass is 9.65. The van der Waals surface area contributed by atoms with Gasteiger partial charge >= 0.3 is 0 Å². The molecular weight excluding hydrogens is 370 g/mol. The highest BCUT2D eigenvalue weighted by Crippen LogP contribution is 2.44. The van der Waals surface area contributed by atoms with Crippen LogP contribution in [0.4, 0.5) is 0 Å². The summed E-state index contributed by atoms with van der Waals surface area (Å²) in [6.45, 7) is 13.5. The Labute approximate surface area is 184 Å². The van der Waals surface area contributed by atoms with Crippen LogP contribution in [0.2, 0.25) is 0 Å². The van der Waals surface area contributed by atoms with Crippen LogP contribution in [0.15, 0.2) is 18.2 Å². The van der Waals surface area contributed by atoms with E-state index in [1.807, 2.05) is 0 Å². The third-order valence-electron chi connectivity index (χ3n) is 8.17. The van der Waals surface area contributed by atoms with Crippen LogP contribution in [0.25, 0.3) is 0 Å². The quantitative estimate of drug-likeness (QED) is 0.616. The SMILES string of the molecule is CC(C)[C@@H]1CC[C@@H](C)C[C@@]1(O)Cc1cccc(C[C@]2(O)C[C@H](C)CC[C@H]2C(C)C)n1. The Kier molecular flexibility index (Phi) is 7.34. The molecule has 30 heavy (non-hydrogen) atoms. The summed E-state index contributed by atoms with van der Waals surface area (Å²) in [7, 11) is 0. The van der Waals surface area contributed by atoms with Crippen LogP contribution < -0.4 is 0 Å². The van der Waals surface area contributed by atoms with Gasteiger partial charge in [-0.15, -0.1) is 0 Å². The highest BCUT2D eigenvalue weighted by molar-refractivity contribution is 5.17. The van der Waals surface area contributed by atoms with Crippen molar-refractivity contribution in [2.75, 3.05) is 0 Å². The van der Waals surface area contributed by atoms with Crippen LogP contribution in [0.1, 0.15) is 91.5 Å². The highest BCUT2D eigenvalue weighted by atomic mass is 16.3. The topological polar surface area (TPSA) is 53.4 Å². The first-order valence-corrected chi connectivity index (χ1v) is 12.4. The Hall–Kier alpha value is -0.930. The molecule has 0 radical (unpaired) electrons. The Morgan fingerprint density at radius 1 is 0.800 bits per heavy atom. The van der Waals surface area contributed by atoms with Crippen molar-refractivity contribution in [2.24, 2.45) is 35.5 Å². The van der Waals surface area contributed by atoms with E-state index in [1.165, 1.54) is 12.8 Å². The molecule has 0 aromatic carbocycles. The fraction of sp³-hybridized carbons (Fsp3) is 0.815. The first-order chi connectivity index (χ1) is 14.0. The van der Waals surface area contributed by atoms with Gasteiger partial charge in [-0.3, -0.25) is 4.98 Å². The fourth-order valence-corrected chi connectivity index (χ4v) is 6.85. The fourth-order valence-electron chi connectivity index (χ4n) is 6.85. The van der Waals surface area contributed by atoms with Crippen molar-refractivity contribution >= 4 is 0 Å². The molecule has 2 N–H and O–H groups in total. The van der Waals surface area contributed by atoms with Gasteiger partial charge in [0.05, 0.1) is 11.2 Å². The zero-order chi connectivity index (χ0) is 22.1. The van der Waals surface area contributed by atoms with Crippen molar-refractivity contribution < 1.29 is 10.2 Å². The van der Waals surface area contributed by atoms with E-state index in [9.17, 15) is 10.2 Å². The second kappa shape index (κ2) is 9.28. The largest absolute Gasteiger partial charge is 0.389 e. The molecule has 0 saturated heterocycles. The van der Waals surface area contributed by atoms with Gasteiger partial charge in [-0.2, -0.15) is 0 Å². The number of aromatic nitrogens is 1. The van der Waals surface area contributed by atoms with Gasteiger partial charge < -0.3 is 10.2 Å². The van der Waals surface area contributed by atoms with Crippen LogP contribution in [0.5, 0.6) is 0 Å². The zero-order valence-corrected chi connectivity index (χ0v) is 20.2. The number of hydrogen-bond donors (Lipinski definition) is 2. The Balaban J connectivity index is 1.80. The lowest BCUT2D eigenvalue weighted by Gasteiger charge is -2.45. The van der Waals surface area contributed by atoms with E-state index in [-0.39, 0.29) is 0 Å². The van der Waals surface area contributed by atoms with Gasteiger partial charge in [0.1, 0.15) is 0 Å². The number of rotatable bonds is 6. The predicted molar refractivity (Wildman–Crippen MR) is 124 cm³/mol. The van der Waals surface area contributed by atoms with Crippen molar-refractivity contribution in [1.29, 1.82) is 0 Å². The molecule has 3 nitrogen and oxygen atoms in total. The number of nitrogens with zero attached hydrogens (tertiary/aromatic N) is 1. The monoisotopic (exact) mass is 415 g/mol. The van der Waals surface area contributed by atoms with Crippen LogP contribution in [0.3, 0.4) is 0 Å². The first-order valence-electron chi connectivity index (χ1n) is 12.4. The summed E-state index contributed by atoms with van der Waals surface area (Å²) in [5.41, 5.74) is 0.606. The summed E-state index contributed by atoms with van der Waals surface area (Å²) >= 11 is 0. The van der Waals surface area contributed by atoms with E-state index in [2.05, 4.69) is 59.7 Å². The van der Waals surface area contributed by atoms with Gasteiger partial charge in [0.25, 0.3) is 0 Å². The molecule has 0 aliphatic heterocycles. The first kappa shape index (κ1) is 23.7. The van der Waals surface area contributed by atoms with E-state index in [0.29, 0.717) is 48.3 Å². The molecule has 170 valence electrons. The summed E-state index contributed by atoms with van der Waals surface area (Å²) in [4.78, 5) is 4.97. The molecule has 3 rings (SSSR count). The van der Waals surface area contributed by atoms with Crippen molar-refractivity contribution in [3.63, 3.8) is 0 Å². The van der Waals surface area contributed by atoms with Crippen LogP contribution in [0, 0.1) is 35.5 Å². The molecule has 2 saturated carbocycles. The summed E-state index contributed by atoms with van der Waals surface area (Å²) in [5, 5.41) is 23.3. The maximum atomic E-state index is 11.6. The summed E-state index contributed by atoms with van der Waals surface area (Å²) in [6.07, 6.45) is 7.58. The molecule has 0 bridgehead atoms. The van der Waals surface area contributed by atoms with Gasteiger partial charge in [-0.05, 0) is 73.3 Å². The van der Waals surface area contributed by atoms with E-state index in [4.69, 9.17) is 4.98 Å². The molecule has 1 aromatic rings. The Morgan fingerprint density at radius 2 is 1.20 bits per heavy atom. The molecule has 0 spiro atoms. The van der Waals surface area contributed by atoms with E-state index >= 15 is 0 Å². The van der Waals surface area contributed by atoms with E-state index < -0.39 is 11.2 Å². The number of hydrogen-bond acceptors (Lipinski definition) is 3. The molecule has 0 amide bonds. The molecule has 2 aliphatic rings. The number of aliphatic hydroxyl groups is 2. The van der Waals surface area contributed by atoms with Crippen molar-refractivity contribution in [1.82, 2.24) is 4.98 Å². The molecule has 2 aliphatic carbocycles. The Morgan fingerprint density at radius 3 is 1.57 bits per heavy atom. The molecule has 6 atom stereocenters. The minimum Gasteiger partial charge on any atom is -0.389 e. The maximum absolute atomic E-state index is 11.6. The third-order valence-corrected chi connectivity index (χ3v) is 8.17. The predicted octanol–water partition coefficient (Wildman–Crippen LogP) is 5.81. The van der Waals surface area contributed by atoms with Crippen LogP contribution in [-0.2, 0) is 12.8 Å². The molecule has 0 unspecified atom stereocenters. The molecule has 1 aromatic heterocycles. The minimum absolute atomic E-state index is 0.327. The third kappa shape index (κ3) is 5.27. The van der Waals surface area contributed by atoms with Gasteiger partial charge in [-0.1, -0.05) is 60.5 Å². The van der Waals surface area contributed by atoms with Crippen LogP contribution in [-0.4, -0.2) is 26.4 Å². The number of pyridine rings is 1. The van der Waals surface area contributed by atoms with Gasteiger partial charge in [-0.25, -0.2) is 0 Å². The summed E-state index contributed by atoms with van der Waals surface area (Å²) < 4.78 is 0. The summed E-state index contributed by atoms with van der Waals surface area (Å²) in [5.74, 6) is 2.72. The lowest BCUT2D eigenvalue weighted by Crippen LogP contribution is -2.48. The second-order valence-corrected chi connectivity index (χ2v) is 11.7. The van der Waals surface area contributed by atoms with E-state index in [1.54, 1.807) is 0 Å². The van der Waals surface area contributed by atoms with Gasteiger partial charge in [0, 0.05) is 24.2 Å². The normalized spacial score (nSPS) is 37.7. The average Bonchev–Trinajstić information content (AvgIpc) is 2.60. The Bertz CT molecular complexity index is 647. The smallest absolute Gasteiger partial charge is 0.0736 e. The standard InChI is InChI=1S/C27H45NO2/c1-18(2)24-12-10-20(5)14-26(24,29)16-22-8-7-9-23(28-22)17-27(30)15-21(6)11-13-25(27)19(3)4/h7-9,18-21,24-25,29-30H,10-17H2,1-6H3/t20-,21-,24+,25+,26-,27-/m1/s1. The molecular formula is C27H45NO2. The van der Waals surface area contributed by atoms with Crippen molar-refractivity contribution in [3.8, 4) is 0 Å². The summed E-state index contributed by atoms with van der Waals surface area (Å²) in [6, 6.07) is 6.19. The average molecular weight is 416 g/mol. The molecule has 3 heteroatoms. The molecule has 2 fully saturated rings. The maximum Gasteiger partial charge on any atom is 0.0736 e. The van der Waals surface area contributed by atoms with Crippen LogP contribution >= 0.6 is 0 Å². The van der Waals surface area contributed by atoms with Crippen molar-refractivity contribution in [3.05, 3.63) is 29.6 Å². The lowest BCUT2D eigenvalue weighted by molar-refractivity contribution is -0.0812. The van der Waals surface area contributed by atoms with Gasteiger partial charge in [0.15, 0.2) is 0 Å². The van der Waals surface area contributed by atoms with Gasteiger partial charge in [0.2, 0.25) is 0 Å². The van der Waals surface area contributed by atoms with Crippen molar-refractivity contribution in [2.45, 2.75) is 104 Å².